The number of furan rings is 1. The van der Waals surface area contributed by atoms with E-state index in [0.29, 0.717) is 10.6 Å². The second-order valence-electron chi connectivity index (χ2n) is 4.09. The Labute approximate surface area is 120 Å². The third-order valence-corrected chi connectivity index (χ3v) is 3.50. The first kappa shape index (κ1) is 14.0. The summed E-state index contributed by atoms with van der Waals surface area (Å²) in [6, 6.07) is 8.54. The standard InChI is InChI=1S/C15H11NO3S/c1-10-4-5-11(19-10)6-7-13(17)12(9-16)15(18)14-3-2-8-20-14/h2-8,12H,1H3. The van der Waals surface area contributed by atoms with Crippen LogP contribution in [-0.4, -0.2) is 11.6 Å². The number of rotatable bonds is 5. The van der Waals surface area contributed by atoms with Crippen LogP contribution < -0.4 is 0 Å². The lowest BCUT2D eigenvalue weighted by Gasteiger charge is -2.01. The number of hydrogen-bond acceptors (Lipinski definition) is 5. The van der Waals surface area contributed by atoms with Crippen LogP contribution in [0.1, 0.15) is 21.2 Å². The summed E-state index contributed by atoms with van der Waals surface area (Å²) in [5, 5.41) is 10.8. The third kappa shape index (κ3) is 3.11. The molecule has 2 aromatic heterocycles. The first-order valence-corrected chi connectivity index (χ1v) is 6.75. The van der Waals surface area contributed by atoms with Gasteiger partial charge in [-0.2, -0.15) is 5.26 Å². The van der Waals surface area contributed by atoms with Crippen molar-refractivity contribution in [2.24, 2.45) is 5.92 Å². The van der Waals surface area contributed by atoms with Gasteiger partial charge in [0.15, 0.2) is 17.5 Å². The average molecular weight is 285 g/mol. The summed E-state index contributed by atoms with van der Waals surface area (Å²) in [4.78, 5) is 24.3. The number of carbonyl (C=O) groups is 2. The molecule has 0 bridgehead atoms. The highest BCUT2D eigenvalue weighted by molar-refractivity contribution is 7.12. The van der Waals surface area contributed by atoms with E-state index in [9.17, 15) is 9.59 Å². The highest BCUT2D eigenvalue weighted by Gasteiger charge is 2.26. The molecule has 0 saturated carbocycles. The zero-order valence-corrected chi connectivity index (χ0v) is 11.5. The molecular formula is C15H11NO3S. The van der Waals surface area contributed by atoms with Gasteiger partial charge >= 0.3 is 0 Å². The molecule has 0 spiro atoms. The Hall–Kier alpha value is -2.45. The number of aryl methyl sites for hydroxylation is 1. The normalized spacial score (nSPS) is 12.2. The molecule has 0 aromatic carbocycles. The smallest absolute Gasteiger partial charge is 0.197 e. The molecule has 5 heteroatoms. The van der Waals surface area contributed by atoms with Gasteiger partial charge in [-0.05, 0) is 42.7 Å². The molecule has 0 aliphatic carbocycles. The van der Waals surface area contributed by atoms with Crippen molar-refractivity contribution in [2.45, 2.75) is 6.92 Å². The summed E-state index contributed by atoms with van der Waals surface area (Å²) < 4.78 is 5.28. The van der Waals surface area contributed by atoms with Crippen molar-refractivity contribution in [1.29, 1.82) is 5.26 Å². The molecule has 2 aromatic rings. The van der Waals surface area contributed by atoms with Crippen molar-refractivity contribution in [3.63, 3.8) is 0 Å². The minimum absolute atomic E-state index is 0.409. The minimum atomic E-state index is -1.30. The van der Waals surface area contributed by atoms with Crippen LogP contribution in [0.25, 0.3) is 6.08 Å². The van der Waals surface area contributed by atoms with Crippen LogP contribution in [-0.2, 0) is 4.79 Å². The van der Waals surface area contributed by atoms with Crippen LogP contribution in [0.5, 0.6) is 0 Å². The molecule has 0 amide bonds. The Morgan fingerprint density at radius 2 is 2.20 bits per heavy atom. The molecule has 0 aliphatic rings. The van der Waals surface area contributed by atoms with E-state index >= 15 is 0 Å². The van der Waals surface area contributed by atoms with Gasteiger partial charge in [0.05, 0.1) is 10.9 Å². The van der Waals surface area contributed by atoms with E-state index in [2.05, 4.69) is 0 Å². The van der Waals surface area contributed by atoms with Gasteiger partial charge in [0.2, 0.25) is 0 Å². The second-order valence-corrected chi connectivity index (χ2v) is 5.04. The lowest BCUT2D eigenvalue weighted by Crippen LogP contribution is -2.20. The first-order chi connectivity index (χ1) is 9.61. The molecule has 4 nitrogen and oxygen atoms in total. The monoisotopic (exact) mass is 285 g/mol. The fourth-order valence-electron chi connectivity index (χ4n) is 1.62. The van der Waals surface area contributed by atoms with Gasteiger partial charge in [-0.3, -0.25) is 9.59 Å². The molecule has 0 radical (unpaired) electrons. The van der Waals surface area contributed by atoms with Gasteiger partial charge in [0.1, 0.15) is 11.5 Å². The molecule has 1 atom stereocenters. The SMILES string of the molecule is Cc1ccc(C=CC(=O)C(C#N)C(=O)c2cccs2)o1. The molecule has 0 N–H and O–H groups in total. The lowest BCUT2D eigenvalue weighted by atomic mass is 9.99. The number of thiophene rings is 1. The number of nitrogens with zero attached hydrogens (tertiary/aromatic N) is 1. The summed E-state index contributed by atoms with van der Waals surface area (Å²) in [7, 11) is 0. The highest BCUT2D eigenvalue weighted by Crippen LogP contribution is 2.16. The summed E-state index contributed by atoms with van der Waals surface area (Å²) >= 11 is 1.21. The van der Waals surface area contributed by atoms with Crippen LogP contribution in [0.15, 0.2) is 40.1 Å². The number of hydrogen-bond donors (Lipinski definition) is 0. The summed E-state index contributed by atoms with van der Waals surface area (Å²) in [5.74, 6) is -1.08. The maximum atomic E-state index is 12.0. The largest absolute Gasteiger partial charge is 0.462 e. The predicted molar refractivity (Wildman–Crippen MR) is 75.2 cm³/mol. The lowest BCUT2D eigenvalue weighted by molar-refractivity contribution is -0.115. The van der Waals surface area contributed by atoms with E-state index < -0.39 is 17.5 Å². The Morgan fingerprint density at radius 3 is 2.75 bits per heavy atom. The van der Waals surface area contributed by atoms with Crippen molar-refractivity contribution in [2.75, 3.05) is 0 Å². The van der Waals surface area contributed by atoms with Crippen LogP contribution in [0, 0.1) is 24.2 Å². The Balaban J connectivity index is 2.12. The zero-order chi connectivity index (χ0) is 14.5. The van der Waals surface area contributed by atoms with Crippen LogP contribution in [0.2, 0.25) is 0 Å². The molecule has 0 saturated heterocycles. The first-order valence-electron chi connectivity index (χ1n) is 5.87. The second kappa shape index (κ2) is 6.13. The van der Waals surface area contributed by atoms with E-state index in [1.165, 1.54) is 23.5 Å². The van der Waals surface area contributed by atoms with Crippen molar-refractivity contribution >= 4 is 29.0 Å². The van der Waals surface area contributed by atoms with Gasteiger partial charge in [-0.1, -0.05) is 6.07 Å². The van der Waals surface area contributed by atoms with Gasteiger partial charge in [0, 0.05) is 0 Å². The van der Waals surface area contributed by atoms with Gasteiger partial charge in [-0.25, -0.2) is 0 Å². The van der Waals surface area contributed by atoms with E-state index in [1.807, 2.05) is 0 Å². The van der Waals surface area contributed by atoms with Crippen LogP contribution >= 0.6 is 11.3 Å². The number of ketones is 2. The van der Waals surface area contributed by atoms with Crippen molar-refractivity contribution in [1.82, 2.24) is 0 Å². The topological polar surface area (TPSA) is 71.1 Å². The minimum Gasteiger partial charge on any atom is -0.462 e. The fourth-order valence-corrected chi connectivity index (χ4v) is 2.31. The summed E-state index contributed by atoms with van der Waals surface area (Å²) in [6.07, 6.45) is 2.67. The van der Waals surface area contributed by atoms with E-state index in [4.69, 9.17) is 9.68 Å². The number of nitriles is 1. The van der Waals surface area contributed by atoms with E-state index in [1.54, 1.807) is 42.6 Å². The summed E-state index contributed by atoms with van der Waals surface area (Å²) in [6.45, 7) is 1.79. The number of carbonyl (C=O) groups excluding carboxylic acids is 2. The van der Waals surface area contributed by atoms with E-state index in [0.717, 1.165) is 5.76 Å². The van der Waals surface area contributed by atoms with Crippen molar-refractivity contribution < 1.29 is 14.0 Å². The third-order valence-electron chi connectivity index (χ3n) is 2.61. The Bertz CT molecular complexity index is 689. The molecule has 100 valence electrons. The van der Waals surface area contributed by atoms with Crippen molar-refractivity contribution in [3.05, 3.63) is 52.1 Å². The van der Waals surface area contributed by atoms with Crippen LogP contribution in [0.3, 0.4) is 0 Å². The number of allylic oxidation sites excluding steroid dienone is 1. The predicted octanol–water partition coefficient (Wildman–Crippen LogP) is 3.25. The van der Waals surface area contributed by atoms with E-state index in [-0.39, 0.29) is 0 Å². The Kier molecular flexibility index (Phi) is 4.28. The maximum Gasteiger partial charge on any atom is 0.197 e. The van der Waals surface area contributed by atoms with Crippen LogP contribution in [0.4, 0.5) is 0 Å². The van der Waals surface area contributed by atoms with Gasteiger partial charge in [0.25, 0.3) is 0 Å². The quantitative estimate of drug-likeness (QED) is 0.480. The average Bonchev–Trinajstić information content (AvgIpc) is 3.08. The van der Waals surface area contributed by atoms with Gasteiger partial charge in [-0.15, -0.1) is 11.3 Å². The zero-order valence-electron chi connectivity index (χ0n) is 10.7. The summed E-state index contributed by atoms with van der Waals surface area (Å²) in [5.41, 5.74) is 0. The molecule has 20 heavy (non-hydrogen) atoms. The van der Waals surface area contributed by atoms with Crippen molar-refractivity contribution in [3.8, 4) is 6.07 Å². The Morgan fingerprint density at radius 1 is 1.40 bits per heavy atom. The fraction of sp³-hybridized carbons (Fsp3) is 0.133. The highest BCUT2D eigenvalue weighted by atomic mass is 32.1. The van der Waals surface area contributed by atoms with Gasteiger partial charge < -0.3 is 4.42 Å². The number of Topliss-reactive ketones (excluding diaryl/α,β-unsaturated/α-hetero) is 1. The molecule has 1 unspecified atom stereocenters. The molecule has 0 fully saturated rings. The molecule has 2 heterocycles. The maximum absolute atomic E-state index is 12.0. The molecule has 2 rings (SSSR count). The molecule has 0 aliphatic heterocycles. The molecular weight excluding hydrogens is 274 g/mol.